The highest BCUT2D eigenvalue weighted by Crippen LogP contribution is 2.17. The summed E-state index contributed by atoms with van der Waals surface area (Å²) in [5, 5.41) is -0.0312. The molecule has 0 N–H and O–H groups in total. The van der Waals surface area contributed by atoms with Crippen LogP contribution in [0.4, 0.5) is 8.78 Å². The average Bonchev–Trinajstić information content (AvgIpc) is 2.72. The predicted molar refractivity (Wildman–Crippen MR) is 60.9 cm³/mol. The number of nitrogens with zero attached hydrogens (tertiary/aromatic N) is 1. The SMILES string of the molecule is O=C(Cc1cccc(F)c1F)N1CCC(Cl)C1. The quantitative estimate of drug-likeness (QED) is 0.747. The summed E-state index contributed by atoms with van der Waals surface area (Å²) in [5.74, 6) is -2.08. The lowest BCUT2D eigenvalue weighted by Crippen LogP contribution is -2.30. The largest absolute Gasteiger partial charge is 0.341 e. The van der Waals surface area contributed by atoms with Gasteiger partial charge in [0.1, 0.15) is 0 Å². The second-order valence-corrected chi connectivity index (χ2v) is 4.73. The minimum absolute atomic E-state index is 0.0312. The Morgan fingerprint density at radius 2 is 2.24 bits per heavy atom. The molecule has 1 aromatic rings. The van der Waals surface area contributed by atoms with E-state index in [4.69, 9.17) is 11.6 Å². The maximum absolute atomic E-state index is 13.4. The summed E-state index contributed by atoms with van der Waals surface area (Å²) in [6, 6.07) is 3.86. The lowest BCUT2D eigenvalue weighted by atomic mass is 10.1. The first-order valence-electron chi connectivity index (χ1n) is 5.42. The Bertz CT molecular complexity index is 439. The van der Waals surface area contributed by atoms with Gasteiger partial charge in [0.25, 0.3) is 0 Å². The molecule has 0 aliphatic carbocycles. The van der Waals surface area contributed by atoms with Gasteiger partial charge in [0, 0.05) is 18.7 Å². The monoisotopic (exact) mass is 259 g/mol. The zero-order valence-corrected chi connectivity index (χ0v) is 9.88. The van der Waals surface area contributed by atoms with Crippen molar-refractivity contribution < 1.29 is 13.6 Å². The molecule has 17 heavy (non-hydrogen) atoms. The highest BCUT2D eigenvalue weighted by atomic mass is 35.5. The van der Waals surface area contributed by atoms with E-state index >= 15 is 0 Å². The van der Waals surface area contributed by atoms with E-state index in [2.05, 4.69) is 0 Å². The van der Waals surface area contributed by atoms with Crippen LogP contribution in [0.2, 0.25) is 0 Å². The zero-order chi connectivity index (χ0) is 12.4. The van der Waals surface area contributed by atoms with Crippen molar-refractivity contribution in [2.75, 3.05) is 13.1 Å². The molecule has 1 heterocycles. The van der Waals surface area contributed by atoms with Gasteiger partial charge in [0.05, 0.1) is 11.8 Å². The van der Waals surface area contributed by atoms with Crippen LogP contribution in [0.15, 0.2) is 18.2 Å². The highest BCUT2D eigenvalue weighted by molar-refractivity contribution is 6.21. The van der Waals surface area contributed by atoms with Crippen molar-refractivity contribution in [1.29, 1.82) is 0 Å². The topological polar surface area (TPSA) is 20.3 Å². The maximum atomic E-state index is 13.4. The molecule has 0 bridgehead atoms. The Kier molecular flexibility index (Phi) is 3.62. The summed E-state index contributed by atoms with van der Waals surface area (Å²) in [7, 11) is 0. The lowest BCUT2D eigenvalue weighted by Gasteiger charge is -2.15. The van der Waals surface area contributed by atoms with Crippen LogP contribution < -0.4 is 0 Å². The Balaban J connectivity index is 2.06. The molecule has 1 aromatic carbocycles. The number of likely N-dealkylation sites (tertiary alicyclic amines) is 1. The van der Waals surface area contributed by atoms with Gasteiger partial charge >= 0.3 is 0 Å². The third kappa shape index (κ3) is 2.75. The van der Waals surface area contributed by atoms with Gasteiger partial charge in [-0.2, -0.15) is 0 Å². The van der Waals surface area contributed by atoms with Gasteiger partial charge in [-0.3, -0.25) is 4.79 Å². The molecular formula is C12H12ClF2NO. The molecule has 1 fully saturated rings. The summed E-state index contributed by atoms with van der Waals surface area (Å²) in [6.45, 7) is 1.07. The average molecular weight is 260 g/mol. The fourth-order valence-corrected chi connectivity index (χ4v) is 2.17. The van der Waals surface area contributed by atoms with Crippen molar-refractivity contribution in [1.82, 2.24) is 4.90 Å². The molecule has 2 rings (SSSR count). The van der Waals surface area contributed by atoms with Gasteiger partial charge in [0.15, 0.2) is 11.6 Å². The molecule has 0 aromatic heterocycles. The molecule has 1 aliphatic heterocycles. The summed E-state index contributed by atoms with van der Waals surface area (Å²) < 4.78 is 26.3. The molecule has 2 nitrogen and oxygen atoms in total. The van der Waals surface area contributed by atoms with Crippen LogP contribution in [0.5, 0.6) is 0 Å². The standard InChI is InChI=1S/C12H12ClF2NO/c13-9-4-5-16(7-9)11(17)6-8-2-1-3-10(14)12(8)15/h1-3,9H,4-7H2. The van der Waals surface area contributed by atoms with E-state index in [0.29, 0.717) is 13.1 Å². The van der Waals surface area contributed by atoms with Crippen molar-refractivity contribution >= 4 is 17.5 Å². The number of hydrogen-bond acceptors (Lipinski definition) is 1. The molecular weight excluding hydrogens is 248 g/mol. The van der Waals surface area contributed by atoms with Gasteiger partial charge in [-0.05, 0) is 12.5 Å². The number of alkyl halides is 1. The van der Waals surface area contributed by atoms with Crippen LogP contribution in [0, 0.1) is 11.6 Å². The van der Waals surface area contributed by atoms with Crippen molar-refractivity contribution in [3.63, 3.8) is 0 Å². The zero-order valence-electron chi connectivity index (χ0n) is 9.13. The van der Waals surface area contributed by atoms with Gasteiger partial charge in [0.2, 0.25) is 5.91 Å². The summed E-state index contributed by atoms with van der Waals surface area (Å²) in [4.78, 5) is 13.4. The number of carbonyl (C=O) groups excluding carboxylic acids is 1. The van der Waals surface area contributed by atoms with Crippen LogP contribution in [-0.2, 0) is 11.2 Å². The molecule has 92 valence electrons. The first-order valence-corrected chi connectivity index (χ1v) is 5.86. The first kappa shape index (κ1) is 12.3. The Labute approximate surface area is 103 Å². The fraction of sp³-hybridized carbons (Fsp3) is 0.417. The van der Waals surface area contributed by atoms with Crippen molar-refractivity contribution in [3.8, 4) is 0 Å². The van der Waals surface area contributed by atoms with Crippen molar-refractivity contribution in [3.05, 3.63) is 35.4 Å². The summed E-state index contributed by atoms with van der Waals surface area (Å²) in [6.07, 6.45) is 0.631. The molecule has 1 saturated heterocycles. The number of hydrogen-bond donors (Lipinski definition) is 0. The van der Waals surface area contributed by atoms with Crippen molar-refractivity contribution in [2.45, 2.75) is 18.2 Å². The molecule has 1 atom stereocenters. The third-order valence-corrected chi connectivity index (χ3v) is 3.21. The van der Waals surface area contributed by atoms with E-state index in [1.807, 2.05) is 0 Å². The second-order valence-electron chi connectivity index (χ2n) is 4.12. The predicted octanol–water partition coefficient (Wildman–Crippen LogP) is 2.35. The van der Waals surface area contributed by atoms with Gasteiger partial charge in [-0.15, -0.1) is 11.6 Å². The van der Waals surface area contributed by atoms with Gasteiger partial charge in [-0.25, -0.2) is 8.78 Å². The van der Waals surface area contributed by atoms with Crippen molar-refractivity contribution in [2.24, 2.45) is 0 Å². The lowest BCUT2D eigenvalue weighted by molar-refractivity contribution is -0.129. The van der Waals surface area contributed by atoms with Crippen LogP contribution in [0.25, 0.3) is 0 Å². The minimum Gasteiger partial charge on any atom is -0.341 e. The van der Waals surface area contributed by atoms with Crippen LogP contribution in [0.1, 0.15) is 12.0 Å². The maximum Gasteiger partial charge on any atom is 0.227 e. The molecule has 0 saturated carbocycles. The van der Waals surface area contributed by atoms with E-state index in [1.54, 1.807) is 4.90 Å². The molecule has 0 spiro atoms. The number of halogens is 3. The molecule has 1 unspecified atom stereocenters. The van der Waals surface area contributed by atoms with E-state index in [9.17, 15) is 13.6 Å². The van der Waals surface area contributed by atoms with Gasteiger partial charge in [-0.1, -0.05) is 12.1 Å². The van der Waals surface area contributed by atoms with E-state index in [-0.39, 0.29) is 23.3 Å². The number of amides is 1. The van der Waals surface area contributed by atoms with Gasteiger partial charge < -0.3 is 4.90 Å². The minimum atomic E-state index is -0.942. The molecule has 0 radical (unpaired) electrons. The Hall–Kier alpha value is -1.16. The summed E-state index contributed by atoms with van der Waals surface area (Å²) in [5.41, 5.74) is 0.0908. The molecule has 1 amide bonds. The highest BCUT2D eigenvalue weighted by Gasteiger charge is 2.25. The second kappa shape index (κ2) is 5.00. The number of carbonyl (C=O) groups is 1. The van der Waals surface area contributed by atoms with Crippen LogP contribution in [0.3, 0.4) is 0 Å². The third-order valence-electron chi connectivity index (χ3n) is 2.86. The van der Waals surface area contributed by atoms with E-state index in [1.165, 1.54) is 12.1 Å². The van der Waals surface area contributed by atoms with E-state index < -0.39 is 11.6 Å². The number of benzene rings is 1. The van der Waals surface area contributed by atoms with Crippen LogP contribution >= 0.6 is 11.6 Å². The van der Waals surface area contributed by atoms with Crippen LogP contribution in [-0.4, -0.2) is 29.3 Å². The normalized spacial score (nSPS) is 19.7. The summed E-state index contributed by atoms with van der Waals surface area (Å²) >= 11 is 5.88. The first-order chi connectivity index (χ1) is 8.08. The Morgan fingerprint density at radius 3 is 2.88 bits per heavy atom. The number of rotatable bonds is 2. The molecule has 5 heteroatoms. The Morgan fingerprint density at radius 1 is 1.47 bits per heavy atom. The van der Waals surface area contributed by atoms with E-state index in [0.717, 1.165) is 12.5 Å². The smallest absolute Gasteiger partial charge is 0.227 e. The fourth-order valence-electron chi connectivity index (χ4n) is 1.90. The molecule has 1 aliphatic rings.